The number of fused-ring (bicyclic) bond motifs is 1. The molecule has 0 radical (unpaired) electrons. The second kappa shape index (κ2) is 14.0. The first-order valence-electron chi connectivity index (χ1n) is 14.2. The van der Waals surface area contributed by atoms with Crippen LogP contribution in [0.5, 0.6) is 0 Å². The van der Waals surface area contributed by atoms with Gasteiger partial charge in [-0.1, -0.05) is 64.7 Å². The zero-order valence-corrected chi connectivity index (χ0v) is 22.7. The minimum absolute atomic E-state index is 0.0473. The number of nitrogens with zero attached hydrogens (tertiary/aromatic N) is 1. The van der Waals surface area contributed by atoms with Gasteiger partial charge in [0.1, 0.15) is 12.2 Å². The number of aliphatic hydroxyl groups is 1. The lowest BCUT2D eigenvalue weighted by atomic mass is 10.0. The summed E-state index contributed by atoms with van der Waals surface area (Å²) in [4.78, 5) is 2.24. The van der Waals surface area contributed by atoms with Gasteiger partial charge in [0, 0.05) is 19.7 Å². The van der Waals surface area contributed by atoms with Crippen LogP contribution in [0.25, 0.3) is 0 Å². The lowest BCUT2D eigenvalue weighted by molar-refractivity contribution is -0.329. The molecule has 0 bridgehead atoms. The number of unbranched alkanes of at least 4 members (excludes halogenated alkanes) is 9. The quantitative estimate of drug-likeness (QED) is 0.308. The molecule has 3 fully saturated rings. The van der Waals surface area contributed by atoms with E-state index in [1.807, 2.05) is 20.8 Å². The lowest BCUT2D eigenvalue weighted by Gasteiger charge is -2.44. The standard InChI is InChI=1S/C27H52N2O6/c1-5-6-7-8-9-10-11-12-13-14-18-32-25(29-17-19-31-22(20-29)15-16-28)27-24(23(30)21(2)33-27)34-26(3,4)35-27/h21-25,30H,5-20,28H2,1-4H3/t21-,22?,23+,24-,25?,27+/m0/s1. The summed E-state index contributed by atoms with van der Waals surface area (Å²) in [6.07, 6.45) is 11.3. The minimum Gasteiger partial charge on any atom is -0.387 e. The molecule has 8 nitrogen and oxygen atoms in total. The predicted molar refractivity (Wildman–Crippen MR) is 136 cm³/mol. The Morgan fingerprint density at radius 2 is 1.69 bits per heavy atom. The van der Waals surface area contributed by atoms with E-state index >= 15 is 0 Å². The van der Waals surface area contributed by atoms with E-state index in [1.54, 1.807) is 0 Å². The van der Waals surface area contributed by atoms with E-state index in [-0.39, 0.29) is 6.10 Å². The van der Waals surface area contributed by atoms with Crippen LogP contribution in [0.3, 0.4) is 0 Å². The first-order chi connectivity index (χ1) is 16.8. The Morgan fingerprint density at radius 1 is 1.03 bits per heavy atom. The molecule has 0 amide bonds. The zero-order chi connectivity index (χ0) is 25.3. The molecule has 0 spiro atoms. The summed E-state index contributed by atoms with van der Waals surface area (Å²) in [6.45, 7) is 11.0. The summed E-state index contributed by atoms with van der Waals surface area (Å²) >= 11 is 0. The zero-order valence-electron chi connectivity index (χ0n) is 22.7. The first-order valence-corrected chi connectivity index (χ1v) is 14.2. The van der Waals surface area contributed by atoms with Crippen molar-refractivity contribution < 1.29 is 28.8 Å². The third kappa shape index (κ3) is 7.84. The number of rotatable bonds is 16. The van der Waals surface area contributed by atoms with E-state index < -0.39 is 36.1 Å². The summed E-state index contributed by atoms with van der Waals surface area (Å²) in [6, 6.07) is 0. The first kappa shape index (κ1) is 29.2. The molecule has 0 saturated carbocycles. The summed E-state index contributed by atoms with van der Waals surface area (Å²) in [7, 11) is 0. The molecule has 0 aromatic heterocycles. The Hall–Kier alpha value is -0.320. The maximum Gasteiger partial charge on any atom is 0.241 e. The van der Waals surface area contributed by atoms with Crippen molar-refractivity contribution in [1.82, 2.24) is 4.90 Å². The summed E-state index contributed by atoms with van der Waals surface area (Å²) in [5.41, 5.74) is 5.81. The van der Waals surface area contributed by atoms with Gasteiger partial charge in [-0.05, 0) is 40.2 Å². The van der Waals surface area contributed by atoms with E-state index in [4.69, 9.17) is 29.4 Å². The maximum absolute atomic E-state index is 10.9. The molecule has 2 unspecified atom stereocenters. The number of aliphatic hydroxyl groups excluding tert-OH is 1. The van der Waals surface area contributed by atoms with Gasteiger partial charge >= 0.3 is 0 Å². The predicted octanol–water partition coefficient (Wildman–Crippen LogP) is 3.93. The van der Waals surface area contributed by atoms with Crippen molar-refractivity contribution in [3.8, 4) is 0 Å². The van der Waals surface area contributed by atoms with E-state index in [2.05, 4.69) is 11.8 Å². The topological polar surface area (TPSA) is 95.6 Å². The van der Waals surface area contributed by atoms with E-state index in [0.717, 1.165) is 19.3 Å². The van der Waals surface area contributed by atoms with Crippen LogP contribution in [0.1, 0.15) is 98.3 Å². The van der Waals surface area contributed by atoms with Crippen LogP contribution >= 0.6 is 0 Å². The molecule has 3 saturated heterocycles. The Kier molecular flexibility index (Phi) is 11.7. The van der Waals surface area contributed by atoms with Gasteiger partial charge in [0.15, 0.2) is 12.0 Å². The molecular weight excluding hydrogens is 448 g/mol. The number of nitrogens with two attached hydrogens (primary N) is 1. The SMILES string of the molecule is CCCCCCCCCCCCOC(N1CCOC(CCN)C1)[C@@]12O[C@@H](C)[C@@H](O)[C@@H]1OC(C)(C)O2. The van der Waals surface area contributed by atoms with Gasteiger partial charge in [-0.2, -0.15) is 0 Å². The average molecular weight is 501 g/mol. The molecule has 8 heteroatoms. The highest BCUT2D eigenvalue weighted by molar-refractivity contribution is 5.05. The Labute approximate surface area is 213 Å². The van der Waals surface area contributed by atoms with E-state index in [0.29, 0.717) is 32.8 Å². The highest BCUT2D eigenvalue weighted by Gasteiger charge is 2.68. The van der Waals surface area contributed by atoms with Gasteiger partial charge in [0.05, 0.1) is 18.8 Å². The smallest absolute Gasteiger partial charge is 0.241 e. The lowest BCUT2D eigenvalue weighted by Crippen LogP contribution is -2.62. The monoisotopic (exact) mass is 500 g/mol. The van der Waals surface area contributed by atoms with Crippen LogP contribution in [-0.4, -0.2) is 85.1 Å². The Morgan fingerprint density at radius 3 is 2.34 bits per heavy atom. The number of hydrogen-bond donors (Lipinski definition) is 2. The van der Waals surface area contributed by atoms with Crippen LogP contribution in [-0.2, 0) is 23.7 Å². The minimum atomic E-state index is -1.18. The van der Waals surface area contributed by atoms with Gasteiger partial charge in [0.25, 0.3) is 0 Å². The number of ether oxygens (including phenoxy) is 5. The van der Waals surface area contributed by atoms with Crippen molar-refractivity contribution >= 4 is 0 Å². The van der Waals surface area contributed by atoms with Gasteiger partial charge in [-0.3, -0.25) is 4.90 Å². The molecular formula is C27H52N2O6. The number of hydrogen-bond acceptors (Lipinski definition) is 8. The van der Waals surface area contributed by atoms with Crippen LogP contribution in [0.15, 0.2) is 0 Å². The van der Waals surface area contributed by atoms with Gasteiger partial charge in [0.2, 0.25) is 5.79 Å². The van der Waals surface area contributed by atoms with Crippen LogP contribution < -0.4 is 5.73 Å². The fourth-order valence-electron chi connectivity index (χ4n) is 5.68. The van der Waals surface area contributed by atoms with Crippen molar-refractivity contribution in [2.24, 2.45) is 5.73 Å². The van der Waals surface area contributed by atoms with Gasteiger partial charge in [-0.15, -0.1) is 0 Å². The third-order valence-electron chi connectivity index (χ3n) is 7.48. The van der Waals surface area contributed by atoms with E-state index in [9.17, 15) is 5.11 Å². The third-order valence-corrected chi connectivity index (χ3v) is 7.48. The summed E-state index contributed by atoms with van der Waals surface area (Å²) < 4.78 is 31.4. The van der Waals surface area contributed by atoms with Crippen LogP contribution in [0.4, 0.5) is 0 Å². The molecule has 3 aliphatic heterocycles. The molecule has 35 heavy (non-hydrogen) atoms. The molecule has 3 aliphatic rings. The largest absolute Gasteiger partial charge is 0.387 e. The molecule has 3 heterocycles. The Bertz CT molecular complexity index is 606. The van der Waals surface area contributed by atoms with Crippen LogP contribution in [0, 0.1) is 0 Å². The van der Waals surface area contributed by atoms with Crippen molar-refractivity contribution in [3.63, 3.8) is 0 Å². The second-order valence-electron chi connectivity index (χ2n) is 11.0. The van der Waals surface area contributed by atoms with Crippen LogP contribution in [0.2, 0.25) is 0 Å². The second-order valence-corrected chi connectivity index (χ2v) is 11.0. The molecule has 0 aromatic rings. The van der Waals surface area contributed by atoms with Crippen molar-refractivity contribution in [3.05, 3.63) is 0 Å². The van der Waals surface area contributed by atoms with Gasteiger partial charge < -0.3 is 34.5 Å². The molecule has 0 aromatic carbocycles. The fourth-order valence-corrected chi connectivity index (χ4v) is 5.68. The van der Waals surface area contributed by atoms with E-state index in [1.165, 1.54) is 51.4 Å². The highest BCUT2D eigenvalue weighted by atomic mass is 16.9. The highest BCUT2D eigenvalue weighted by Crippen LogP contribution is 2.49. The molecule has 0 aliphatic carbocycles. The normalized spacial score (nSPS) is 33.8. The average Bonchev–Trinajstić information content (AvgIpc) is 3.21. The van der Waals surface area contributed by atoms with Gasteiger partial charge in [-0.25, -0.2) is 0 Å². The van der Waals surface area contributed by atoms with Crippen molar-refractivity contribution in [2.75, 3.05) is 32.8 Å². The molecule has 3 rings (SSSR count). The molecule has 6 atom stereocenters. The summed E-state index contributed by atoms with van der Waals surface area (Å²) in [5, 5.41) is 10.9. The fraction of sp³-hybridized carbons (Fsp3) is 1.00. The van der Waals surface area contributed by atoms with Crippen molar-refractivity contribution in [1.29, 1.82) is 0 Å². The summed E-state index contributed by atoms with van der Waals surface area (Å²) in [5.74, 6) is -2.04. The van der Waals surface area contributed by atoms with Crippen molar-refractivity contribution in [2.45, 2.75) is 141 Å². The molecule has 3 N–H and O–H groups in total. The maximum atomic E-state index is 10.9. The Balaban J connectivity index is 1.57. The number of morpholine rings is 1. The molecule has 206 valence electrons.